The summed E-state index contributed by atoms with van der Waals surface area (Å²) < 4.78 is 0.912. The molecule has 0 radical (unpaired) electrons. The molecule has 1 aromatic rings. The summed E-state index contributed by atoms with van der Waals surface area (Å²) in [6.07, 6.45) is 1.80. The summed E-state index contributed by atoms with van der Waals surface area (Å²) in [7, 11) is 0. The van der Waals surface area contributed by atoms with Crippen LogP contribution >= 0.6 is 28.1 Å². The molecule has 1 rings (SSSR count). The zero-order chi connectivity index (χ0) is 11.4. The number of halogens is 1. The average Bonchev–Trinajstić information content (AvgIpc) is 2.08. The van der Waals surface area contributed by atoms with Crippen LogP contribution in [-0.2, 0) is 0 Å². The van der Waals surface area contributed by atoms with Crippen molar-refractivity contribution in [2.75, 3.05) is 5.32 Å². The molecule has 15 heavy (non-hydrogen) atoms. The van der Waals surface area contributed by atoms with Crippen molar-refractivity contribution >= 4 is 39.1 Å². The lowest BCUT2D eigenvalue weighted by Crippen LogP contribution is -2.34. The molecule has 0 aliphatic heterocycles. The fourth-order valence-corrected chi connectivity index (χ4v) is 1.93. The molecule has 82 valence electrons. The molecule has 1 heterocycles. The van der Waals surface area contributed by atoms with Gasteiger partial charge in [0, 0.05) is 12.2 Å². The van der Waals surface area contributed by atoms with Gasteiger partial charge in [-0.3, -0.25) is 0 Å². The highest BCUT2D eigenvalue weighted by molar-refractivity contribution is 9.10. The van der Waals surface area contributed by atoms with Gasteiger partial charge in [0.05, 0.1) is 4.47 Å². The van der Waals surface area contributed by atoms with Gasteiger partial charge in [-0.15, -0.1) is 0 Å². The Morgan fingerprint density at radius 2 is 2.20 bits per heavy atom. The van der Waals surface area contributed by atoms with E-state index in [2.05, 4.69) is 31.5 Å². The molecule has 0 aliphatic rings. The third kappa shape index (κ3) is 4.13. The number of pyridine rings is 1. The molecule has 0 amide bonds. The maximum Gasteiger partial charge on any atom is 0.172 e. The molecule has 0 saturated heterocycles. The lowest BCUT2D eigenvalue weighted by Gasteiger charge is -2.13. The number of hydrogen-bond acceptors (Lipinski definition) is 2. The summed E-state index contributed by atoms with van der Waals surface area (Å²) >= 11 is 8.55. The second-order valence-corrected chi connectivity index (χ2v) is 4.86. The maximum atomic E-state index is 5.12. The molecule has 0 fully saturated rings. The number of aromatic nitrogens is 1. The summed E-state index contributed by atoms with van der Waals surface area (Å²) in [6, 6.07) is 2.31. The Morgan fingerprint density at radius 1 is 1.53 bits per heavy atom. The average molecular weight is 288 g/mol. The van der Waals surface area contributed by atoms with Crippen molar-refractivity contribution in [3.8, 4) is 0 Å². The Kier molecular flexibility index (Phi) is 4.47. The van der Waals surface area contributed by atoms with E-state index in [1.54, 1.807) is 6.20 Å². The van der Waals surface area contributed by atoms with E-state index in [4.69, 9.17) is 12.2 Å². The smallest absolute Gasteiger partial charge is 0.172 e. The maximum absolute atomic E-state index is 5.12. The fraction of sp³-hybridized carbons (Fsp3) is 0.400. The first-order valence-corrected chi connectivity index (χ1v) is 5.89. The molecule has 0 aliphatic carbocycles. The van der Waals surface area contributed by atoms with E-state index in [1.165, 1.54) is 0 Å². The summed E-state index contributed by atoms with van der Waals surface area (Å²) in [5.74, 6) is 0.735. The van der Waals surface area contributed by atoms with Crippen molar-refractivity contribution in [3.63, 3.8) is 0 Å². The first-order valence-electron chi connectivity index (χ1n) is 4.68. The van der Waals surface area contributed by atoms with Crippen LogP contribution in [0.5, 0.6) is 0 Å². The Morgan fingerprint density at radius 3 is 2.73 bits per heavy atom. The van der Waals surface area contributed by atoms with Gasteiger partial charge in [-0.1, -0.05) is 0 Å². The van der Waals surface area contributed by atoms with Gasteiger partial charge >= 0.3 is 0 Å². The highest BCUT2D eigenvalue weighted by atomic mass is 79.9. The number of nitrogens with zero attached hydrogens (tertiary/aromatic N) is 1. The van der Waals surface area contributed by atoms with Gasteiger partial charge < -0.3 is 10.6 Å². The topological polar surface area (TPSA) is 37.0 Å². The lowest BCUT2D eigenvalue weighted by molar-refractivity contribution is 0.739. The highest BCUT2D eigenvalue weighted by Gasteiger charge is 2.04. The van der Waals surface area contributed by atoms with Crippen LogP contribution in [0.2, 0.25) is 0 Å². The van der Waals surface area contributed by atoms with Gasteiger partial charge in [-0.2, -0.15) is 0 Å². The van der Waals surface area contributed by atoms with Gasteiger partial charge in [0.2, 0.25) is 0 Å². The molecule has 0 aromatic carbocycles. The first kappa shape index (κ1) is 12.4. The summed E-state index contributed by atoms with van der Waals surface area (Å²) in [4.78, 5) is 4.24. The van der Waals surface area contributed by atoms with Crippen LogP contribution < -0.4 is 10.6 Å². The Labute approximate surface area is 104 Å². The minimum absolute atomic E-state index is 0.314. The second-order valence-electron chi connectivity index (χ2n) is 3.60. The van der Waals surface area contributed by atoms with E-state index in [0.29, 0.717) is 11.2 Å². The number of thiocarbonyl (C=S) groups is 1. The van der Waals surface area contributed by atoms with Crippen LogP contribution in [-0.4, -0.2) is 16.1 Å². The van der Waals surface area contributed by atoms with Crippen molar-refractivity contribution in [1.82, 2.24) is 10.3 Å². The summed E-state index contributed by atoms with van der Waals surface area (Å²) in [5, 5.41) is 6.71. The minimum Gasteiger partial charge on any atom is -0.360 e. The van der Waals surface area contributed by atoms with Crippen molar-refractivity contribution in [2.24, 2.45) is 0 Å². The number of hydrogen-bond donors (Lipinski definition) is 2. The van der Waals surface area contributed by atoms with Crippen LogP contribution in [0, 0.1) is 6.92 Å². The summed E-state index contributed by atoms with van der Waals surface area (Å²) in [6.45, 7) is 6.06. The van der Waals surface area contributed by atoms with Gasteiger partial charge in [-0.25, -0.2) is 4.98 Å². The van der Waals surface area contributed by atoms with Crippen molar-refractivity contribution in [1.29, 1.82) is 0 Å². The third-order valence-corrected chi connectivity index (χ3v) is 2.45. The quantitative estimate of drug-likeness (QED) is 0.821. The molecule has 0 bridgehead atoms. The standard InChI is InChI=1S/C10H14BrN3S/c1-6(2)13-10(15)14-9-8(11)4-7(3)5-12-9/h4-6H,1-3H3,(H2,12,13,14,15). The number of nitrogens with one attached hydrogen (secondary N) is 2. The number of anilines is 1. The highest BCUT2D eigenvalue weighted by Crippen LogP contribution is 2.20. The van der Waals surface area contributed by atoms with E-state index in [-0.39, 0.29) is 0 Å². The van der Waals surface area contributed by atoms with Gasteiger partial charge in [0.1, 0.15) is 5.82 Å². The molecule has 0 atom stereocenters. The van der Waals surface area contributed by atoms with E-state index in [0.717, 1.165) is 15.9 Å². The van der Waals surface area contributed by atoms with Crippen LogP contribution in [0.25, 0.3) is 0 Å². The van der Waals surface area contributed by atoms with E-state index in [1.807, 2.05) is 26.8 Å². The molecule has 0 spiro atoms. The van der Waals surface area contributed by atoms with Gasteiger partial charge in [0.15, 0.2) is 5.11 Å². The zero-order valence-corrected chi connectivity index (χ0v) is 11.4. The molecule has 1 aromatic heterocycles. The molecule has 0 unspecified atom stereocenters. The predicted octanol–water partition coefficient (Wildman–Crippen LogP) is 2.85. The Balaban J connectivity index is 2.68. The van der Waals surface area contributed by atoms with Gasteiger partial charge in [-0.05, 0) is 60.5 Å². The van der Waals surface area contributed by atoms with E-state index in [9.17, 15) is 0 Å². The largest absolute Gasteiger partial charge is 0.360 e. The summed E-state index contributed by atoms with van der Waals surface area (Å²) in [5.41, 5.74) is 1.11. The zero-order valence-electron chi connectivity index (χ0n) is 8.97. The van der Waals surface area contributed by atoms with Crippen LogP contribution in [0.1, 0.15) is 19.4 Å². The minimum atomic E-state index is 0.314. The van der Waals surface area contributed by atoms with Crippen LogP contribution in [0.3, 0.4) is 0 Å². The molecule has 5 heteroatoms. The lowest BCUT2D eigenvalue weighted by atomic mass is 10.3. The molecule has 0 saturated carbocycles. The Bertz CT molecular complexity index is 366. The first-order chi connectivity index (χ1) is 6.99. The molecular weight excluding hydrogens is 274 g/mol. The molecule has 2 N–H and O–H groups in total. The third-order valence-electron chi connectivity index (χ3n) is 1.63. The normalized spacial score (nSPS) is 10.2. The van der Waals surface area contributed by atoms with Crippen LogP contribution in [0.15, 0.2) is 16.7 Å². The van der Waals surface area contributed by atoms with Crippen LogP contribution in [0.4, 0.5) is 5.82 Å². The Hall–Kier alpha value is -0.680. The predicted molar refractivity (Wildman–Crippen MR) is 71.2 cm³/mol. The molecule has 3 nitrogen and oxygen atoms in total. The van der Waals surface area contributed by atoms with E-state index < -0.39 is 0 Å². The van der Waals surface area contributed by atoms with Crippen molar-refractivity contribution < 1.29 is 0 Å². The SMILES string of the molecule is Cc1cnc(NC(=S)NC(C)C)c(Br)c1. The number of rotatable bonds is 2. The monoisotopic (exact) mass is 287 g/mol. The number of aryl methyl sites for hydroxylation is 1. The van der Waals surface area contributed by atoms with Gasteiger partial charge in [0.25, 0.3) is 0 Å². The van der Waals surface area contributed by atoms with E-state index >= 15 is 0 Å². The molecular formula is C10H14BrN3S. The second kappa shape index (κ2) is 5.42. The van der Waals surface area contributed by atoms with Crippen molar-refractivity contribution in [2.45, 2.75) is 26.8 Å². The fourth-order valence-electron chi connectivity index (χ4n) is 1.03. The van der Waals surface area contributed by atoms with Crippen molar-refractivity contribution in [3.05, 3.63) is 22.3 Å².